The quantitative estimate of drug-likeness (QED) is 0.403. The number of nitrogens with zero attached hydrogens (tertiary/aromatic N) is 2. The zero-order chi connectivity index (χ0) is 19.5. The van der Waals surface area contributed by atoms with Gasteiger partial charge in [0, 0.05) is 18.6 Å². The summed E-state index contributed by atoms with van der Waals surface area (Å²) in [6.07, 6.45) is 1.80. The van der Waals surface area contributed by atoms with Gasteiger partial charge >= 0.3 is 0 Å². The monoisotopic (exact) mass is 392 g/mol. The van der Waals surface area contributed by atoms with Crippen LogP contribution in [-0.2, 0) is 5.41 Å². The molecule has 0 radical (unpaired) electrons. The standard InChI is InChI=1S/C21H26Cl2N2O/c1-7-25(6)13-24-19-12-18(23)20(10-14(19)2)26-15-8-9-17(22)16(11-15)21(3,4)5/h8-13H,7H2,1-6H3. The molecule has 0 fully saturated rings. The molecule has 2 aromatic carbocycles. The van der Waals surface area contributed by atoms with Gasteiger partial charge in [-0.05, 0) is 60.7 Å². The van der Waals surface area contributed by atoms with Crippen molar-refractivity contribution in [2.45, 2.75) is 40.0 Å². The Kier molecular flexibility index (Phi) is 6.59. The molecule has 2 rings (SSSR count). The van der Waals surface area contributed by atoms with Crippen LogP contribution in [0.2, 0.25) is 10.0 Å². The summed E-state index contributed by atoms with van der Waals surface area (Å²) in [5.41, 5.74) is 2.79. The molecule has 0 N–H and O–H groups in total. The van der Waals surface area contributed by atoms with Crippen LogP contribution >= 0.6 is 23.2 Å². The fourth-order valence-corrected chi connectivity index (χ4v) is 2.97. The maximum Gasteiger partial charge on any atom is 0.146 e. The molecule has 2 aromatic rings. The van der Waals surface area contributed by atoms with Crippen LogP contribution in [0.1, 0.15) is 38.8 Å². The molecule has 0 aliphatic rings. The maximum absolute atomic E-state index is 6.42. The molecule has 5 heteroatoms. The van der Waals surface area contributed by atoms with Crippen LogP contribution in [-0.4, -0.2) is 24.8 Å². The van der Waals surface area contributed by atoms with Crippen molar-refractivity contribution in [3.05, 3.63) is 51.5 Å². The predicted octanol–water partition coefficient (Wildman–Crippen LogP) is 7.00. The minimum Gasteiger partial charge on any atom is -0.456 e. The summed E-state index contributed by atoms with van der Waals surface area (Å²) < 4.78 is 6.03. The molecule has 3 nitrogen and oxygen atoms in total. The molecular formula is C21H26Cl2N2O. The van der Waals surface area contributed by atoms with Gasteiger partial charge in [-0.2, -0.15) is 0 Å². The van der Waals surface area contributed by atoms with Gasteiger partial charge in [0.1, 0.15) is 11.5 Å². The summed E-state index contributed by atoms with van der Waals surface area (Å²) >= 11 is 12.8. The number of halogens is 2. The van der Waals surface area contributed by atoms with Crippen molar-refractivity contribution >= 4 is 35.2 Å². The minimum absolute atomic E-state index is 0.0694. The van der Waals surface area contributed by atoms with Gasteiger partial charge in [0.15, 0.2) is 0 Å². The molecular weight excluding hydrogens is 367 g/mol. The van der Waals surface area contributed by atoms with Crippen LogP contribution < -0.4 is 4.74 Å². The Labute approximate surface area is 166 Å². The lowest BCUT2D eigenvalue weighted by Gasteiger charge is -2.21. The molecule has 0 bridgehead atoms. The molecule has 0 unspecified atom stereocenters. The predicted molar refractivity (Wildman–Crippen MR) is 113 cm³/mol. The van der Waals surface area contributed by atoms with E-state index in [2.05, 4.69) is 32.7 Å². The Balaban J connectivity index is 2.31. The molecule has 0 saturated carbocycles. The van der Waals surface area contributed by atoms with Gasteiger partial charge in [0.25, 0.3) is 0 Å². The Morgan fingerprint density at radius 1 is 1.12 bits per heavy atom. The van der Waals surface area contributed by atoms with E-state index in [1.165, 1.54) is 0 Å². The highest BCUT2D eigenvalue weighted by Gasteiger charge is 2.18. The lowest BCUT2D eigenvalue weighted by molar-refractivity contribution is 0.478. The summed E-state index contributed by atoms with van der Waals surface area (Å²) in [5.74, 6) is 1.32. The summed E-state index contributed by atoms with van der Waals surface area (Å²) in [6, 6.07) is 9.42. The van der Waals surface area contributed by atoms with E-state index in [1.807, 2.05) is 49.2 Å². The smallest absolute Gasteiger partial charge is 0.146 e. The van der Waals surface area contributed by atoms with E-state index in [-0.39, 0.29) is 5.41 Å². The highest BCUT2D eigenvalue weighted by atomic mass is 35.5. The fraction of sp³-hybridized carbons (Fsp3) is 0.381. The van der Waals surface area contributed by atoms with Crippen LogP contribution in [0.5, 0.6) is 11.5 Å². The maximum atomic E-state index is 6.42. The van der Waals surface area contributed by atoms with Gasteiger partial charge in [-0.3, -0.25) is 0 Å². The van der Waals surface area contributed by atoms with Gasteiger partial charge in [0.05, 0.1) is 17.0 Å². The van der Waals surface area contributed by atoms with Crippen LogP contribution in [0.15, 0.2) is 35.3 Å². The van der Waals surface area contributed by atoms with Crippen molar-refractivity contribution < 1.29 is 4.74 Å². The SMILES string of the molecule is CCN(C)C=Nc1cc(Cl)c(Oc2ccc(Cl)c(C(C)(C)C)c2)cc1C. The van der Waals surface area contributed by atoms with Crippen LogP contribution in [0.25, 0.3) is 0 Å². The number of rotatable bonds is 5. The molecule has 0 spiro atoms. The van der Waals surface area contributed by atoms with Gasteiger partial charge in [-0.25, -0.2) is 4.99 Å². The van der Waals surface area contributed by atoms with E-state index >= 15 is 0 Å². The normalized spacial score (nSPS) is 11.8. The highest BCUT2D eigenvalue weighted by Crippen LogP contribution is 2.38. The summed E-state index contributed by atoms with van der Waals surface area (Å²) in [5, 5.41) is 1.26. The first kappa shape index (κ1) is 20.6. The molecule has 0 saturated heterocycles. The number of ether oxygens (including phenoxy) is 1. The van der Waals surface area contributed by atoms with E-state index in [9.17, 15) is 0 Å². The largest absolute Gasteiger partial charge is 0.456 e. The van der Waals surface area contributed by atoms with Crippen molar-refractivity contribution in [3.8, 4) is 11.5 Å². The van der Waals surface area contributed by atoms with Gasteiger partial charge in [-0.15, -0.1) is 0 Å². The van der Waals surface area contributed by atoms with E-state index in [0.717, 1.165) is 28.4 Å². The second-order valence-corrected chi connectivity index (χ2v) is 8.20. The lowest BCUT2D eigenvalue weighted by Crippen LogP contribution is -2.14. The Hall–Kier alpha value is -1.71. The van der Waals surface area contributed by atoms with Gasteiger partial charge < -0.3 is 9.64 Å². The number of hydrogen-bond acceptors (Lipinski definition) is 2. The summed E-state index contributed by atoms with van der Waals surface area (Å²) in [4.78, 5) is 6.49. The van der Waals surface area contributed by atoms with Crippen molar-refractivity contribution in [1.29, 1.82) is 0 Å². The molecule has 26 heavy (non-hydrogen) atoms. The second-order valence-electron chi connectivity index (χ2n) is 7.38. The van der Waals surface area contributed by atoms with Crippen molar-refractivity contribution in [2.75, 3.05) is 13.6 Å². The van der Waals surface area contributed by atoms with Crippen molar-refractivity contribution in [1.82, 2.24) is 4.90 Å². The molecule has 140 valence electrons. The average Bonchev–Trinajstić information content (AvgIpc) is 2.56. The molecule has 0 amide bonds. The number of hydrogen-bond donors (Lipinski definition) is 0. The molecule has 0 atom stereocenters. The summed E-state index contributed by atoms with van der Waals surface area (Å²) in [6.45, 7) is 11.3. The van der Waals surface area contributed by atoms with Gasteiger partial charge in [-0.1, -0.05) is 44.0 Å². The Morgan fingerprint density at radius 2 is 1.81 bits per heavy atom. The fourth-order valence-electron chi connectivity index (χ4n) is 2.37. The molecule has 0 aliphatic heterocycles. The third-order valence-electron chi connectivity index (χ3n) is 4.12. The van der Waals surface area contributed by atoms with Crippen molar-refractivity contribution in [3.63, 3.8) is 0 Å². The number of benzene rings is 2. The zero-order valence-electron chi connectivity index (χ0n) is 16.2. The van der Waals surface area contributed by atoms with Crippen LogP contribution in [0.3, 0.4) is 0 Å². The number of aliphatic imine (C=N–C) groups is 1. The second kappa shape index (κ2) is 8.32. The zero-order valence-corrected chi connectivity index (χ0v) is 17.7. The molecule has 0 aliphatic carbocycles. The average molecular weight is 393 g/mol. The van der Waals surface area contributed by atoms with Crippen LogP contribution in [0.4, 0.5) is 5.69 Å². The van der Waals surface area contributed by atoms with Gasteiger partial charge in [0.2, 0.25) is 0 Å². The highest BCUT2D eigenvalue weighted by molar-refractivity contribution is 6.32. The van der Waals surface area contributed by atoms with Crippen molar-refractivity contribution in [2.24, 2.45) is 4.99 Å². The third-order valence-corrected chi connectivity index (χ3v) is 4.74. The summed E-state index contributed by atoms with van der Waals surface area (Å²) in [7, 11) is 1.98. The molecule has 0 heterocycles. The first-order valence-electron chi connectivity index (χ1n) is 8.64. The Morgan fingerprint density at radius 3 is 2.42 bits per heavy atom. The van der Waals surface area contributed by atoms with E-state index in [0.29, 0.717) is 16.5 Å². The van der Waals surface area contributed by atoms with E-state index in [4.69, 9.17) is 27.9 Å². The first-order chi connectivity index (χ1) is 12.1. The third kappa shape index (κ3) is 5.15. The van der Waals surface area contributed by atoms with E-state index < -0.39 is 0 Å². The molecule has 0 aromatic heterocycles. The lowest BCUT2D eigenvalue weighted by atomic mass is 9.87. The van der Waals surface area contributed by atoms with E-state index in [1.54, 1.807) is 6.34 Å². The topological polar surface area (TPSA) is 24.8 Å². The van der Waals surface area contributed by atoms with Crippen LogP contribution in [0, 0.1) is 6.92 Å². The number of aryl methyl sites for hydroxylation is 1. The minimum atomic E-state index is -0.0694. The Bertz CT molecular complexity index is 810. The first-order valence-corrected chi connectivity index (χ1v) is 9.40.